The average Bonchev–Trinajstić information content (AvgIpc) is 2.58. The molecule has 2 saturated heterocycles. The predicted molar refractivity (Wildman–Crippen MR) is 73.4 cm³/mol. The van der Waals surface area contributed by atoms with E-state index in [0.717, 1.165) is 0 Å². The van der Waals surface area contributed by atoms with Gasteiger partial charge in [-0.1, -0.05) is 0 Å². The lowest BCUT2D eigenvalue weighted by atomic mass is 9.97. The smallest absolute Gasteiger partial charge is 0.187 e. The van der Waals surface area contributed by atoms with Gasteiger partial charge < -0.3 is 54.7 Å². The molecule has 0 bridgehead atoms. The molecule has 2 rings (SSSR count). The summed E-state index contributed by atoms with van der Waals surface area (Å²) in [7, 11) is 1.24. The first-order valence-electron chi connectivity index (χ1n) is 7.46. The highest BCUT2D eigenvalue weighted by atomic mass is 16.7. The second-order valence-electron chi connectivity index (χ2n) is 5.74. The maximum Gasteiger partial charge on any atom is 0.187 e. The molecule has 0 saturated carbocycles. The van der Waals surface area contributed by atoms with Crippen LogP contribution in [0.5, 0.6) is 0 Å². The van der Waals surface area contributed by atoms with Gasteiger partial charge in [0, 0.05) is 7.11 Å². The molecule has 0 amide bonds. The molecule has 0 radical (unpaired) electrons. The van der Waals surface area contributed by atoms with Gasteiger partial charge in [0.2, 0.25) is 0 Å². The number of ether oxygens (including phenoxy) is 4. The van der Waals surface area contributed by atoms with E-state index in [1.165, 1.54) is 7.11 Å². The van der Waals surface area contributed by atoms with Gasteiger partial charge in [-0.3, -0.25) is 0 Å². The summed E-state index contributed by atoms with van der Waals surface area (Å²) in [6.45, 7) is -1.23. The van der Waals surface area contributed by atoms with Crippen molar-refractivity contribution in [2.45, 2.75) is 61.4 Å². The van der Waals surface area contributed by atoms with E-state index in [4.69, 9.17) is 24.1 Å². The highest BCUT2D eigenvalue weighted by Gasteiger charge is 2.50. The third-order valence-electron chi connectivity index (χ3n) is 4.19. The highest BCUT2D eigenvalue weighted by molar-refractivity contribution is 4.93. The summed E-state index contributed by atoms with van der Waals surface area (Å²) in [6.07, 6.45) is -14.4. The lowest BCUT2D eigenvalue weighted by molar-refractivity contribution is -0.358. The Hall–Kier alpha value is -0.440. The fourth-order valence-corrected chi connectivity index (χ4v) is 2.74. The van der Waals surface area contributed by atoms with Crippen LogP contribution in [-0.4, -0.2) is 117 Å². The molecule has 24 heavy (non-hydrogen) atoms. The molecular formula is C13H24O11. The van der Waals surface area contributed by atoms with Crippen LogP contribution < -0.4 is 0 Å². The fourth-order valence-electron chi connectivity index (χ4n) is 2.74. The van der Waals surface area contributed by atoms with Crippen LogP contribution >= 0.6 is 0 Å². The van der Waals surface area contributed by atoms with Gasteiger partial charge >= 0.3 is 0 Å². The number of hydrogen-bond acceptors (Lipinski definition) is 11. The van der Waals surface area contributed by atoms with Crippen molar-refractivity contribution in [2.24, 2.45) is 0 Å². The van der Waals surface area contributed by atoms with Crippen molar-refractivity contribution in [1.29, 1.82) is 0 Å². The van der Waals surface area contributed by atoms with Gasteiger partial charge in [-0.15, -0.1) is 0 Å². The Labute approximate surface area is 137 Å². The molecule has 0 aromatic heterocycles. The first-order chi connectivity index (χ1) is 11.3. The van der Waals surface area contributed by atoms with E-state index in [0.29, 0.717) is 0 Å². The third-order valence-corrected chi connectivity index (χ3v) is 4.19. The van der Waals surface area contributed by atoms with E-state index in [9.17, 15) is 30.6 Å². The number of rotatable bonds is 5. The normalized spacial score (nSPS) is 50.0. The summed E-state index contributed by atoms with van der Waals surface area (Å²) in [5.41, 5.74) is 0. The van der Waals surface area contributed by atoms with Crippen LogP contribution in [0.15, 0.2) is 0 Å². The second kappa shape index (κ2) is 8.29. The lowest BCUT2D eigenvalue weighted by Gasteiger charge is -2.45. The van der Waals surface area contributed by atoms with Crippen LogP contribution in [0.2, 0.25) is 0 Å². The minimum absolute atomic E-state index is 0.581. The molecule has 2 heterocycles. The van der Waals surface area contributed by atoms with Gasteiger partial charge in [0.25, 0.3) is 0 Å². The van der Waals surface area contributed by atoms with E-state index >= 15 is 0 Å². The minimum atomic E-state index is -1.70. The van der Waals surface area contributed by atoms with Crippen molar-refractivity contribution in [2.75, 3.05) is 20.3 Å². The summed E-state index contributed by atoms with van der Waals surface area (Å²) < 4.78 is 20.6. The van der Waals surface area contributed by atoms with Crippen LogP contribution in [0.4, 0.5) is 0 Å². The number of hydrogen-bond donors (Lipinski definition) is 7. The first-order valence-corrected chi connectivity index (χ1v) is 7.46. The summed E-state index contributed by atoms with van der Waals surface area (Å²) in [5.74, 6) is 0. The maximum atomic E-state index is 10.2. The zero-order chi connectivity index (χ0) is 18.0. The van der Waals surface area contributed by atoms with E-state index in [2.05, 4.69) is 0 Å². The van der Waals surface area contributed by atoms with Gasteiger partial charge in [0.15, 0.2) is 12.6 Å². The predicted octanol–water partition coefficient (Wildman–Crippen LogP) is -4.74. The number of aliphatic hydroxyl groups excluding tert-OH is 7. The standard InChI is InChI=1S/C13H24O11/c1-21-12-10(20)11(7(17)5(3-15)22-12)24-13-9(19)8(18)6(16)4(2-14)23-13/h4-20H,2-3H2,1H3/t4?,5?,6-,7-,8-,9?,10-,11?,12+,13+/m0/s1. The molecule has 142 valence electrons. The third kappa shape index (κ3) is 3.71. The number of aliphatic hydroxyl groups is 7. The molecule has 4 unspecified atom stereocenters. The van der Waals surface area contributed by atoms with Gasteiger partial charge in [0.05, 0.1) is 13.2 Å². The van der Waals surface area contributed by atoms with Gasteiger partial charge in [-0.2, -0.15) is 0 Å². The van der Waals surface area contributed by atoms with E-state index < -0.39 is 74.6 Å². The molecule has 2 fully saturated rings. The highest BCUT2D eigenvalue weighted by Crippen LogP contribution is 2.29. The Balaban J connectivity index is 2.14. The van der Waals surface area contributed by atoms with Crippen LogP contribution in [0.25, 0.3) is 0 Å². The van der Waals surface area contributed by atoms with Crippen molar-refractivity contribution in [3.8, 4) is 0 Å². The Bertz CT molecular complexity index is 378. The molecule has 11 nitrogen and oxygen atoms in total. The Morgan fingerprint density at radius 1 is 0.708 bits per heavy atom. The lowest BCUT2D eigenvalue weighted by Crippen LogP contribution is -2.64. The molecule has 11 heteroatoms. The van der Waals surface area contributed by atoms with E-state index in [-0.39, 0.29) is 0 Å². The van der Waals surface area contributed by atoms with E-state index in [1.807, 2.05) is 0 Å². The van der Waals surface area contributed by atoms with Crippen molar-refractivity contribution in [3.63, 3.8) is 0 Å². The summed E-state index contributed by atoms with van der Waals surface area (Å²) in [5, 5.41) is 68.1. The number of methoxy groups -OCH3 is 1. The Morgan fingerprint density at radius 2 is 1.25 bits per heavy atom. The Kier molecular flexibility index (Phi) is 6.87. The minimum Gasteiger partial charge on any atom is -0.394 e. The Morgan fingerprint density at radius 3 is 1.79 bits per heavy atom. The molecule has 2 aliphatic heterocycles. The zero-order valence-electron chi connectivity index (χ0n) is 13.0. The van der Waals surface area contributed by atoms with Crippen molar-refractivity contribution in [3.05, 3.63) is 0 Å². The molecular weight excluding hydrogens is 332 g/mol. The van der Waals surface area contributed by atoms with Crippen molar-refractivity contribution >= 4 is 0 Å². The summed E-state index contributed by atoms with van der Waals surface area (Å²) >= 11 is 0. The first kappa shape index (κ1) is 19.9. The SMILES string of the molecule is CO[C@@H]1OC(CO)[C@H](O)C(O[C@H]2OC(CO)[C@H](O)[C@H](O)C2O)[C@@H]1O. The molecule has 0 spiro atoms. The van der Waals surface area contributed by atoms with Crippen LogP contribution in [-0.2, 0) is 18.9 Å². The topological polar surface area (TPSA) is 179 Å². The van der Waals surface area contributed by atoms with Crippen LogP contribution in [0.3, 0.4) is 0 Å². The largest absolute Gasteiger partial charge is 0.394 e. The maximum absolute atomic E-state index is 10.2. The van der Waals surface area contributed by atoms with Crippen molar-refractivity contribution in [1.82, 2.24) is 0 Å². The molecule has 2 aliphatic rings. The quantitative estimate of drug-likeness (QED) is 0.251. The van der Waals surface area contributed by atoms with E-state index in [1.54, 1.807) is 0 Å². The van der Waals surface area contributed by atoms with Gasteiger partial charge in [0.1, 0.15) is 48.8 Å². The molecule has 7 N–H and O–H groups in total. The monoisotopic (exact) mass is 356 g/mol. The van der Waals surface area contributed by atoms with Crippen molar-refractivity contribution < 1.29 is 54.7 Å². The average molecular weight is 356 g/mol. The zero-order valence-corrected chi connectivity index (χ0v) is 13.0. The van der Waals surface area contributed by atoms with Gasteiger partial charge in [-0.05, 0) is 0 Å². The van der Waals surface area contributed by atoms with Crippen LogP contribution in [0.1, 0.15) is 0 Å². The summed E-state index contributed by atoms with van der Waals surface area (Å²) in [6, 6.07) is 0. The molecule has 0 aromatic carbocycles. The fraction of sp³-hybridized carbons (Fsp3) is 1.00. The molecule has 10 atom stereocenters. The second-order valence-corrected chi connectivity index (χ2v) is 5.74. The molecule has 0 aliphatic carbocycles. The van der Waals surface area contributed by atoms with Crippen LogP contribution in [0, 0.1) is 0 Å². The molecule has 0 aromatic rings. The van der Waals surface area contributed by atoms with Gasteiger partial charge in [-0.25, -0.2) is 0 Å². The summed E-state index contributed by atoms with van der Waals surface area (Å²) in [4.78, 5) is 0.